The van der Waals surface area contributed by atoms with E-state index in [1.54, 1.807) is 0 Å². The van der Waals surface area contributed by atoms with E-state index in [0.29, 0.717) is 11.6 Å². The van der Waals surface area contributed by atoms with Crippen LogP contribution in [0.3, 0.4) is 0 Å². The molecule has 0 fully saturated rings. The Kier molecular flexibility index (Phi) is 4.03. The molecule has 0 saturated carbocycles. The number of nitrogen functional groups attached to an aromatic ring is 1. The van der Waals surface area contributed by atoms with Gasteiger partial charge in [0.25, 0.3) is 5.89 Å². The number of thioether (sulfide) groups is 1. The van der Waals surface area contributed by atoms with Gasteiger partial charge in [0.05, 0.1) is 5.75 Å². The number of hydrogen-bond donors (Lipinski definition) is 1. The molecule has 1 aromatic carbocycles. The molecular weight excluding hydrogens is 234 g/mol. The minimum atomic E-state index is 0.532. The van der Waals surface area contributed by atoms with Crippen molar-refractivity contribution in [3.63, 3.8) is 0 Å². The number of hydrogen-bond acceptors (Lipinski definition) is 5. The Bertz CT molecular complexity index is 484. The van der Waals surface area contributed by atoms with Crippen molar-refractivity contribution in [2.45, 2.75) is 19.1 Å². The maximum atomic E-state index is 5.71. The van der Waals surface area contributed by atoms with Crippen LogP contribution in [0, 0.1) is 0 Å². The van der Waals surface area contributed by atoms with Crippen LogP contribution in [0.25, 0.3) is 11.5 Å². The smallest absolute Gasteiger partial charge is 0.258 e. The summed E-state index contributed by atoms with van der Waals surface area (Å²) >= 11 is 1.81. The first-order valence-corrected chi connectivity index (χ1v) is 6.71. The van der Waals surface area contributed by atoms with E-state index < -0.39 is 0 Å². The fourth-order valence-electron chi connectivity index (χ4n) is 1.41. The lowest BCUT2D eigenvalue weighted by Crippen LogP contribution is -1.87. The highest BCUT2D eigenvalue weighted by molar-refractivity contribution is 7.98. The fourth-order valence-corrected chi connectivity index (χ4v) is 2.14. The van der Waals surface area contributed by atoms with Crippen molar-refractivity contribution in [2.75, 3.05) is 11.5 Å². The minimum absolute atomic E-state index is 0.532. The van der Waals surface area contributed by atoms with Crippen LogP contribution in [0.1, 0.15) is 19.2 Å². The Morgan fingerprint density at radius 1 is 1.41 bits per heavy atom. The SMILES string of the molecule is CCCSCc1noc(-c2cccc(N)c2)n1. The summed E-state index contributed by atoms with van der Waals surface area (Å²) in [6.45, 7) is 2.15. The number of aromatic nitrogens is 2. The topological polar surface area (TPSA) is 64.9 Å². The molecule has 0 unspecified atom stereocenters. The van der Waals surface area contributed by atoms with Crippen molar-refractivity contribution >= 4 is 17.4 Å². The van der Waals surface area contributed by atoms with Crippen molar-refractivity contribution < 1.29 is 4.52 Å². The normalized spacial score (nSPS) is 10.6. The first-order chi connectivity index (χ1) is 8.29. The zero-order valence-corrected chi connectivity index (χ0v) is 10.5. The lowest BCUT2D eigenvalue weighted by Gasteiger charge is -1.95. The highest BCUT2D eigenvalue weighted by Gasteiger charge is 2.08. The predicted molar refractivity (Wildman–Crippen MR) is 70.6 cm³/mol. The Balaban J connectivity index is 2.07. The molecule has 2 N–H and O–H groups in total. The van der Waals surface area contributed by atoms with Crippen molar-refractivity contribution in [3.8, 4) is 11.5 Å². The third-order valence-electron chi connectivity index (χ3n) is 2.18. The molecule has 0 bridgehead atoms. The predicted octanol–water partition coefficient (Wildman–Crippen LogP) is 2.96. The summed E-state index contributed by atoms with van der Waals surface area (Å²) in [7, 11) is 0. The second kappa shape index (κ2) is 5.72. The summed E-state index contributed by atoms with van der Waals surface area (Å²) in [6, 6.07) is 7.45. The lowest BCUT2D eigenvalue weighted by atomic mass is 10.2. The first kappa shape index (κ1) is 12.0. The van der Waals surface area contributed by atoms with E-state index in [9.17, 15) is 0 Å². The molecule has 2 rings (SSSR count). The maximum absolute atomic E-state index is 5.71. The van der Waals surface area contributed by atoms with Gasteiger partial charge in [-0.2, -0.15) is 16.7 Å². The lowest BCUT2D eigenvalue weighted by molar-refractivity contribution is 0.425. The van der Waals surface area contributed by atoms with Crippen molar-refractivity contribution in [3.05, 3.63) is 30.1 Å². The molecule has 0 radical (unpaired) electrons. The zero-order valence-electron chi connectivity index (χ0n) is 9.72. The van der Waals surface area contributed by atoms with Crippen molar-refractivity contribution in [1.29, 1.82) is 0 Å². The van der Waals surface area contributed by atoms with Crippen LogP contribution in [0.5, 0.6) is 0 Å². The number of nitrogens with two attached hydrogens (primary N) is 1. The van der Waals surface area contributed by atoms with Gasteiger partial charge in [0.2, 0.25) is 0 Å². The summed E-state index contributed by atoms with van der Waals surface area (Å²) in [6.07, 6.45) is 1.16. The Hall–Kier alpha value is -1.49. The monoisotopic (exact) mass is 249 g/mol. The zero-order chi connectivity index (χ0) is 12.1. The third kappa shape index (κ3) is 3.23. The van der Waals surface area contributed by atoms with Crippen LogP contribution < -0.4 is 5.73 Å². The molecule has 17 heavy (non-hydrogen) atoms. The van der Waals surface area contributed by atoms with Crippen LogP contribution >= 0.6 is 11.8 Å². The van der Waals surface area contributed by atoms with Gasteiger partial charge < -0.3 is 10.3 Å². The van der Waals surface area contributed by atoms with Gasteiger partial charge in [0.1, 0.15) is 0 Å². The molecule has 0 aliphatic heterocycles. The quantitative estimate of drug-likeness (QED) is 0.652. The number of nitrogens with zero attached hydrogens (tertiary/aromatic N) is 2. The van der Waals surface area contributed by atoms with E-state index in [4.69, 9.17) is 10.3 Å². The minimum Gasteiger partial charge on any atom is -0.399 e. The summed E-state index contributed by atoms with van der Waals surface area (Å²) in [5.74, 6) is 3.17. The molecule has 0 atom stereocenters. The highest BCUT2D eigenvalue weighted by atomic mass is 32.2. The average Bonchev–Trinajstić information content (AvgIpc) is 2.78. The molecular formula is C12H15N3OS. The molecule has 90 valence electrons. The number of benzene rings is 1. The summed E-state index contributed by atoms with van der Waals surface area (Å²) < 4.78 is 5.21. The van der Waals surface area contributed by atoms with Crippen LogP contribution in [0.15, 0.2) is 28.8 Å². The molecule has 2 aromatic rings. The average molecular weight is 249 g/mol. The molecule has 5 heteroatoms. The maximum Gasteiger partial charge on any atom is 0.258 e. The van der Waals surface area contributed by atoms with E-state index in [-0.39, 0.29) is 0 Å². The third-order valence-corrected chi connectivity index (χ3v) is 3.34. The Labute approximate surface area is 105 Å². The summed E-state index contributed by atoms with van der Waals surface area (Å²) in [5.41, 5.74) is 7.27. The van der Waals surface area contributed by atoms with Gasteiger partial charge in [-0.1, -0.05) is 18.1 Å². The highest BCUT2D eigenvalue weighted by Crippen LogP contribution is 2.20. The van der Waals surface area contributed by atoms with Crippen LogP contribution in [-0.2, 0) is 5.75 Å². The van der Waals surface area contributed by atoms with Gasteiger partial charge in [-0.05, 0) is 30.4 Å². The summed E-state index contributed by atoms with van der Waals surface area (Å²) in [4.78, 5) is 4.34. The molecule has 0 saturated heterocycles. The van der Waals surface area contributed by atoms with E-state index >= 15 is 0 Å². The van der Waals surface area contributed by atoms with Gasteiger partial charge in [-0.25, -0.2) is 0 Å². The fraction of sp³-hybridized carbons (Fsp3) is 0.333. The van der Waals surface area contributed by atoms with E-state index in [2.05, 4.69) is 17.1 Å². The van der Waals surface area contributed by atoms with E-state index in [0.717, 1.165) is 29.3 Å². The summed E-state index contributed by atoms with van der Waals surface area (Å²) in [5, 5.41) is 3.95. The Morgan fingerprint density at radius 2 is 2.29 bits per heavy atom. The molecule has 0 aliphatic carbocycles. The van der Waals surface area contributed by atoms with Gasteiger partial charge in [0.15, 0.2) is 5.82 Å². The van der Waals surface area contributed by atoms with Gasteiger partial charge in [0, 0.05) is 11.3 Å². The van der Waals surface area contributed by atoms with Crippen LogP contribution in [-0.4, -0.2) is 15.9 Å². The van der Waals surface area contributed by atoms with E-state index in [1.165, 1.54) is 0 Å². The van der Waals surface area contributed by atoms with Crippen LogP contribution in [0.2, 0.25) is 0 Å². The van der Waals surface area contributed by atoms with Crippen LogP contribution in [0.4, 0.5) is 5.69 Å². The van der Waals surface area contributed by atoms with Gasteiger partial charge in [-0.3, -0.25) is 0 Å². The number of rotatable bonds is 5. The van der Waals surface area contributed by atoms with E-state index in [1.807, 2.05) is 36.0 Å². The molecule has 1 aromatic heterocycles. The van der Waals surface area contributed by atoms with Gasteiger partial charge in [-0.15, -0.1) is 0 Å². The molecule has 0 amide bonds. The second-order valence-electron chi connectivity index (χ2n) is 3.69. The molecule has 4 nitrogen and oxygen atoms in total. The molecule has 0 aliphatic rings. The standard InChI is InChI=1S/C12H15N3OS/c1-2-6-17-8-11-14-12(16-15-11)9-4-3-5-10(13)7-9/h3-5,7H,2,6,8,13H2,1H3. The number of anilines is 1. The first-order valence-electron chi connectivity index (χ1n) is 5.56. The van der Waals surface area contributed by atoms with Gasteiger partial charge >= 0.3 is 0 Å². The Morgan fingerprint density at radius 3 is 3.06 bits per heavy atom. The molecule has 1 heterocycles. The molecule has 0 spiro atoms. The second-order valence-corrected chi connectivity index (χ2v) is 4.80. The van der Waals surface area contributed by atoms with Crippen molar-refractivity contribution in [2.24, 2.45) is 0 Å². The van der Waals surface area contributed by atoms with Crippen molar-refractivity contribution in [1.82, 2.24) is 10.1 Å². The largest absolute Gasteiger partial charge is 0.399 e.